The maximum absolute atomic E-state index is 10.8. The molecule has 1 unspecified atom stereocenters. The number of carbonyl (C=O) groups excluding carboxylic acids is 1. The summed E-state index contributed by atoms with van der Waals surface area (Å²) < 4.78 is 0. The van der Waals surface area contributed by atoms with Gasteiger partial charge in [0.05, 0.1) is 4.88 Å². The summed E-state index contributed by atoms with van der Waals surface area (Å²) in [7, 11) is 0. The minimum atomic E-state index is 0.263. The standard InChI is InChI=1S/C14H13ClOS/c1-9(11-4-3-5-12(15)6-11)14-7-13(8-16)17-10(14)2/h3-9H,1-2H3. The number of hydrogen-bond acceptors (Lipinski definition) is 2. The first-order chi connectivity index (χ1) is 8.11. The highest BCUT2D eigenvalue weighted by molar-refractivity contribution is 7.13. The zero-order valence-corrected chi connectivity index (χ0v) is 11.3. The van der Waals surface area contributed by atoms with E-state index in [1.165, 1.54) is 16.0 Å². The zero-order valence-electron chi connectivity index (χ0n) is 9.74. The van der Waals surface area contributed by atoms with E-state index in [2.05, 4.69) is 13.0 Å². The lowest BCUT2D eigenvalue weighted by Crippen LogP contribution is -1.95. The largest absolute Gasteiger partial charge is 0.297 e. The average molecular weight is 265 g/mol. The highest BCUT2D eigenvalue weighted by atomic mass is 35.5. The van der Waals surface area contributed by atoms with Crippen molar-refractivity contribution in [2.75, 3.05) is 0 Å². The fourth-order valence-electron chi connectivity index (χ4n) is 1.96. The molecule has 2 rings (SSSR count). The minimum Gasteiger partial charge on any atom is -0.297 e. The Labute approximate surface area is 110 Å². The van der Waals surface area contributed by atoms with Crippen molar-refractivity contribution in [3.63, 3.8) is 0 Å². The molecule has 0 aliphatic carbocycles. The number of halogens is 1. The molecule has 0 N–H and O–H groups in total. The van der Waals surface area contributed by atoms with E-state index in [4.69, 9.17) is 11.6 Å². The van der Waals surface area contributed by atoms with Crippen LogP contribution >= 0.6 is 22.9 Å². The van der Waals surface area contributed by atoms with Crippen molar-refractivity contribution >= 4 is 29.2 Å². The van der Waals surface area contributed by atoms with Crippen LogP contribution in [0.5, 0.6) is 0 Å². The Morgan fingerprint density at radius 1 is 1.35 bits per heavy atom. The minimum absolute atomic E-state index is 0.263. The smallest absolute Gasteiger partial charge is 0.160 e. The number of benzene rings is 1. The van der Waals surface area contributed by atoms with Crippen molar-refractivity contribution in [1.29, 1.82) is 0 Å². The molecular formula is C14H13ClOS. The molecule has 3 heteroatoms. The molecule has 0 radical (unpaired) electrons. The van der Waals surface area contributed by atoms with Crippen LogP contribution in [-0.2, 0) is 0 Å². The van der Waals surface area contributed by atoms with Crippen molar-refractivity contribution in [3.8, 4) is 0 Å². The van der Waals surface area contributed by atoms with E-state index in [9.17, 15) is 4.79 Å². The van der Waals surface area contributed by atoms with Gasteiger partial charge in [0.2, 0.25) is 0 Å². The van der Waals surface area contributed by atoms with Crippen molar-refractivity contribution in [3.05, 3.63) is 56.2 Å². The SMILES string of the molecule is Cc1sc(C=O)cc1C(C)c1cccc(Cl)c1. The highest BCUT2D eigenvalue weighted by Crippen LogP contribution is 2.32. The van der Waals surface area contributed by atoms with Crippen LogP contribution in [0.1, 0.15) is 38.5 Å². The van der Waals surface area contributed by atoms with Crippen molar-refractivity contribution in [2.45, 2.75) is 19.8 Å². The van der Waals surface area contributed by atoms with Crippen molar-refractivity contribution < 1.29 is 4.79 Å². The van der Waals surface area contributed by atoms with Crippen LogP contribution in [0.4, 0.5) is 0 Å². The summed E-state index contributed by atoms with van der Waals surface area (Å²) in [6.07, 6.45) is 0.909. The van der Waals surface area contributed by atoms with Gasteiger partial charge < -0.3 is 0 Å². The molecule has 1 nitrogen and oxygen atoms in total. The monoisotopic (exact) mass is 264 g/mol. The summed E-state index contributed by atoms with van der Waals surface area (Å²) in [6, 6.07) is 9.84. The molecule has 1 heterocycles. The number of aldehydes is 1. The van der Waals surface area contributed by atoms with Gasteiger partial charge in [-0.25, -0.2) is 0 Å². The molecule has 2 aromatic rings. The van der Waals surface area contributed by atoms with Crippen LogP contribution in [0.15, 0.2) is 30.3 Å². The third-order valence-electron chi connectivity index (χ3n) is 2.91. The first-order valence-corrected chi connectivity index (χ1v) is 6.62. The molecule has 0 fully saturated rings. The molecule has 0 bridgehead atoms. The summed E-state index contributed by atoms with van der Waals surface area (Å²) in [6.45, 7) is 4.18. The summed E-state index contributed by atoms with van der Waals surface area (Å²) in [4.78, 5) is 12.8. The van der Waals surface area contributed by atoms with Crippen LogP contribution in [0.2, 0.25) is 5.02 Å². The number of hydrogen-bond donors (Lipinski definition) is 0. The molecule has 1 atom stereocenters. The van der Waals surface area contributed by atoms with Gasteiger partial charge in [0, 0.05) is 15.8 Å². The molecule has 0 amide bonds. The van der Waals surface area contributed by atoms with E-state index in [1.54, 1.807) is 11.3 Å². The summed E-state index contributed by atoms with van der Waals surface area (Å²) in [5, 5.41) is 0.748. The van der Waals surface area contributed by atoms with Crippen LogP contribution in [-0.4, -0.2) is 6.29 Å². The Balaban J connectivity index is 2.39. The molecule has 0 aliphatic rings. The van der Waals surface area contributed by atoms with E-state index >= 15 is 0 Å². The van der Waals surface area contributed by atoms with E-state index in [0.29, 0.717) is 0 Å². The van der Waals surface area contributed by atoms with Gasteiger partial charge in [-0.05, 0) is 36.2 Å². The van der Waals surface area contributed by atoms with Gasteiger partial charge in [-0.2, -0.15) is 0 Å². The van der Waals surface area contributed by atoms with Gasteiger partial charge in [0.15, 0.2) is 6.29 Å². The number of carbonyl (C=O) groups is 1. The normalized spacial score (nSPS) is 12.4. The Morgan fingerprint density at radius 2 is 2.12 bits per heavy atom. The Morgan fingerprint density at radius 3 is 2.71 bits per heavy atom. The molecule has 88 valence electrons. The first kappa shape index (κ1) is 12.3. The van der Waals surface area contributed by atoms with E-state index in [-0.39, 0.29) is 5.92 Å². The molecule has 17 heavy (non-hydrogen) atoms. The van der Waals surface area contributed by atoms with Gasteiger partial charge in [0.1, 0.15) is 0 Å². The molecule has 1 aromatic carbocycles. The van der Waals surface area contributed by atoms with E-state index < -0.39 is 0 Å². The van der Waals surface area contributed by atoms with Gasteiger partial charge in [-0.1, -0.05) is 30.7 Å². The first-order valence-electron chi connectivity index (χ1n) is 5.43. The molecule has 0 aliphatic heterocycles. The van der Waals surface area contributed by atoms with Gasteiger partial charge >= 0.3 is 0 Å². The van der Waals surface area contributed by atoms with Gasteiger partial charge in [-0.3, -0.25) is 4.79 Å². The molecular weight excluding hydrogens is 252 g/mol. The third-order valence-corrected chi connectivity index (χ3v) is 4.13. The average Bonchev–Trinajstić information content (AvgIpc) is 2.69. The molecule has 0 saturated heterocycles. The number of rotatable bonds is 3. The summed E-state index contributed by atoms with van der Waals surface area (Å²) >= 11 is 7.54. The Hall–Kier alpha value is -1.12. The fraction of sp³-hybridized carbons (Fsp3) is 0.214. The molecule has 0 saturated carbocycles. The number of aryl methyl sites for hydroxylation is 1. The lowest BCUT2D eigenvalue weighted by molar-refractivity contribution is 0.112. The molecule has 1 aromatic heterocycles. The third kappa shape index (κ3) is 2.59. The van der Waals surface area contributed by atoms with Crippen molar-refractivity contribution in [1.82, 2.24) is 0 Å². The second kappa shape index (κ2) is 5.03. The van der Waals surface area contributed by atoms with Crippen LogP contribution < -0.4 is 0 Å². The topological polar surface area (TPSA) is 17.1 Å². The maximum atomic E-state index is 10.8. The molecule has 0 spiro atoms. The van der Waals surface area contributed by atoms with E-state index in [0.717, 1.165) is 16.2 Å². The zero-order chi connectivity index (χ0) is 12.4. The quantitative estimate of drug-likeness (QED) is 0.736. The van der Waals surface area contributed by atoms with Gasteiger partial charge in [0.25, 0.3) is 0 Å². The fourth-order valence-corrected chi connectivity index (χ4v) is 3.10. The maximum Gasteiger partial charge on any atom is 0.160 e. The predicted octanol–water partition coefficient (Wildman–Crippen LogP) is 4.67. The Kier molecular flexibility index (Phi) is 3.65. The lowest BCUT2D eigenvalue weighted by Gasteiger charge is -2.12. The van der Waals surface area contributed by atoms with Crippen molar-refractivity contribution in [2.24, 2.45) is 0 Å². The lowest BCUT2D eigenvalue weighted by atomic mass is 9.93. The van der Waals surface area contributed by atoms with Crippen LogP contribution in [0.25, 0.3) is 0 Å². The highest BCUT2D eigenvalue weighted by Gasteiger charge is 2.14. The second-order valence-electron chi connectivity index (χ2n) is 4.05. The van der Waals surface area contributed by atoms with Crippen LogP contribution in [0, 0.1) is 6.92 Å². The predicted molar refractivity (Wildman–Crippen MR) is 73.4 cm³/mol. The van der Waals surface area contributed by atoms with Gasteiger partial charge in [-0.15, -0.1) is 11.3 Å². The summed E-state index contributed by atoms with van der Waals surface area (Å²) in [5.41, 5.74) is 2.38. The van der Waals surface area contributed by atoms with Crippen LogP contribution in [0.3, 0.4) is 0 Å². The summed E-state index contributed by atoms with van der Waals surface area (Å²) in [5.74, 6) is 0.263. The second-order valence-corrected chi connectivity index (χ2v) is 5.78. The Bertz CT molecular complexity index is 545. The van der Waals surface area contributed by atoms with E-state index in [1.807, 2.05) is 31.2 Å². The number of thiophene rings is 1.